The van der Waals surface area contributed by atoms with Crippen molar-refractivity contribution in [3.63, 3.8) is 0 Å². The third kappa shape index (κ3) is 3.00. The molecule has 0 atom stereocenters. The summed E-state index contributed by atoms with van der Waals surface area (Å²) in [5.74, 6) is 0. The first-order chi connectivity index (χ1) is 24.9. The molecular formula is C42H26B2N4S2. The summed E-state index contributed by atoms with van der Waals surface area (Å²) >= 11 is 3.93. The SMILES string of the molecule is C1=CC2=C(CC1)B1N(c3ccccc32)c2c3sc4ccccc4n4c3c(c3sc5ccccc5n1c23)N1B4c2ccccc2-c2ccccc21. The van der Waals surface area contributed by atoms with Gasteiger partial charge in [0.2, 0.25) is 0 Å². The molecule has 1 aliphatic carbocycles. The lowest BCUT2D eigenvalue weighted by atomic mass is 9.57. The summed E-state index contributed by atoms with van der Waals surface area (Å²) in [6.07, 6.45) is 6.90. The Kier molecular flexibility index (Phi) is 4.87. The van der Waals surface area contributed by atoms with Crippen molar-refractivity contribution in [1.29, 1.82) is 0 Å². The quantitative estimate of drug-likeness (QED) is 0.118. The van der Waals surface area contributed by atoms with Crippen molar-refractivity contribution in [2.75, 3.05) is 9.62 Å². The second kappa shape index (κ2) is 9.21. The molecule has 2 aromatic heterocycles. The van der Waals surface area contributed by atoms with Gasteiger partial charge in [-0.25, -0.2) is 0 Å². The van der Waals surface area contributed by atoms with E-state index in [1.165, 1.54) is 96.8 Å². The van der Waals surface area contributed by atoms with Crippen LogP contribution in [0, 0.1) is 0 Å². The van der Waals surface area contributed by atoms with E-state index in [1.54, 1.807) is 0 Å². The number of rotatable bonds is 0. The van der Waals surface area contributed by atoms with E-state index in [0.29, 0.717) is 0 Å². The molecule has 0 amide bonds. The summed E-state index contributed by atoms with van der Waals surface area (Å²) in [6, 6.07) is 45.4. The van der Waals surface area contributed by atoms with E-state index in [2.05, 4.69) is 152 Å². The third-order valence-corrected chi connectivity index (χ3v) is 13.9. The minimum absolute atomic E-state index is 0.00382. The molecule has 0 bridgehead atoms. The average molecular weight is 672 g/mol. The molecule has 0 radical (unpaired) electrons. The summed E-state index contributed by atoms with van der Waals surface area (Å²) in [4.78, 5) is 5.41. The number of para-hydroxylation sites is 4. The molecule has 5 aliphatic rings. The number of fused-ring (bicyclic) bond motifs is 21. The number of allylic oxidation sites excluding steroid dienone is 4. The molecule has 0 N–H and O–H groups in total. The van der Waals surface area contributed by atoms with Gasteiger partial charge in [0, 0.05) is 33.5 Å². The van der Waals surface area contributed by atoms with Gasteiger partial charge >= 0.3 is 14.0 Å². The molecule has 0 fully saturated rings. The van der Waals surface area contributed by atoms with Crippen LogP contribution in [-0.4, -0.2) is 22.9 Å². The van der Waals surface area contributed by atoms with Gasteiger partial charge in [-0.15, -0.1) is 22.7 Å². The summed E-state index contributed by atoms with van der Waals surface area (Å²) < 4.78 is 10.8. The largest absolute Gasteiger partial charge is 0.421 e. The highest BCUT2D eigenvalue weighted by Gasteiger charge is 2.51. The first-order valence-electron chi connectivity index (χ1n) is 17.5. The zero-order valence-electron chi connectivity index (χ0n) is 26.9. The molecule has 8 aromatic rings. The summed E-state index contributed by atoms with van der Waals surface area (Å²) in [5, 5.41) is 0. The lowest BCUT2D eigenvalue weighted by Crippen LogP contribution is -2.51. The number of anilines is 4. The van der Waals surface area contributed by atoms with Crippen LogP contribution in [0.3, 0.4) is 0 Å². The van der Waals surface area contributed by atoms with Crippen molar-refractivity contribution >= 4 is 111 Å². The minimum atomic E-state index is 0.00382. The monoisotopic (exact) mass is 672 g/mol. The lowest BCUT2D eigenvalue weighted by Gasteiger charge is -2.37. The Morgan fingerprint density at radius 1 is 0.520 bits per heavy atom. The first-order valence-corrected chi connectivity index (χ1v) is 19.1. The molecule has 0 saturated carbocycles. The Balaban J connectivity index is 1.29. The highest BCUT2D eigenvalue weighted by molar-refractivity contribution is 7.27. The van der Waals surface area contributed by atoms with Gasteiger partial charge in [-0.2, -0.15) is 0 Å². The molecule has 13 rings (SSSR count). The molecule has 6 heterocycles. The van der Waals surface area contributed by atoms with Gasteiger partial charge in [0.15, 0.2) is 0 Å². The lowest BCUT2D eigenvalue weighted by molar-refractivity contribution is 0.998. The van der Waals surface area contributed by atoms with Crippen LogP contribution in [0.1, 0.15) is 18.4 Å². The van der Waals surface area contributed by atoms with E-state index in [4.69, 9.17) is 0 Å². The van der Waals surface area contributed by atoms with E-state index >= 15 is 0 Å². The van der Waals surface area contributed by atoms with Gasteiger partial charge in [-0.3, -0.25) is 0 Å². The minimum Gasteiger partial charge on any atom is -0.358 e. The standard InChI is InChI=1S/C42H26B2N4S2/c1-5-17-29-25(13-1)27-15-3-7-19-31(27)45-37-39-42(49-35-23-11-9-21-33(35)47(39)43(29)45)38-40-41(37)50-36-24-12-10-22-34(36)48(40)44-30-18-6-2-14-26(30)28-16-4-8-20-32(28)46(38)44/h1-5,7-17,19-24H,6,18H2. The van der Waals surface area contributed by atoms with Crippen molar-refractivity contribution in [2.24, 2.45) is 0 Å². The Hall–Kier alpha value is -5.43. The zero-order valence-corrected chi connectivity index (χ0v) is 28.5. The van der Waals surface area contributed by atoms with Crippen molar-refractivity contribution in [1.82, 2.24) is 8.96 Å². The van der Waals surface area contributed by atoms with Crippen molar-refractivity contribution in [3.05, 3.63) is 145 Å². The fourth-order valence-corrected chi connectivity index (χ4v) is 12.2. The zero-order chi connectivity index (χ0) is 32.2. The van der Waals surface area contributed by atoms with E-state index in [1.807, 2.05) is 22.7 Å². The van der Waals surface area contributed by atoms with Crippen LogP contribution < -0.4 is 15.1 Å². The Bertz CT molecular complexity index is 2990. The molecule has 6 aromatic carbocycles. The second-order valence-corrected chi connectivity index (χ2v) is 16.0. The van der Waals surface area contributed by atoms with Crippen LogP contribution in [0.5, 0.6) is 0 Å². The molecule has 0 unspecified atom stereocenters. The van der Waals surface area contributed by atoms with Gasteiger partial charge in [0.05, 0.1) is 41.2 Å². The van der Waals surface area contributed by atoms with Crippen molar-refractivity contribution in [2.45, 2.75) is 12.8 Å². The van der Waals surface area contributed by atoms with E-state index < -0.39 is 0 Å². The van der Waals surface area contributed by atoms with Gasteiger partial charge < -0.3 is 18.6 Å². The molecule has 8 heteroatoms. The first kappa shape index (κ1) is 26.4. The van der Waals surface area contributed by atoms with Crippen LogP contribution in [0.2, 0.25) is 0 Å². The Morgan fingerprint density at radius 3 is 1.78 bits per heavy atom. The molecule has 0 spiro atoms. The van der Waals surface area contributed by atoms with Gasteiger partial charge in [-0.1, -0.05) is 97.1 Å². The fourth-order valence-electron chi connectivity index (χ4n) is 9.77. The van der Waals surface area contributed by atoms with E-state index in [-0.39, 0.29) is 14.0 Å². The maximum Gasteiger partial charge on any atom is 0.421 e. The Morgan fingerprint density at radius 2 is 1.06 bits per heavy atom. The fraction of sp³-hybridized carbons (Fsp3) is 0.0476. The van der Waals surface area contributed by atoms with Crippen LogP contribution >= 0.6 is 22.7 Å². The normalized spacial score (nSPS) is 15.9. The molecule has 0 saturated heterocycles. The van der Waals surface area contributed by atoms with Crippen LogP contribution in [0.4, 0.5) is 22.7 Å². The molecule has 50 heavy (non-hydrogen) atoms. The topological polar surface area (TPSA) is 16.3 Å². The summed E-state index contributed by atoms with van der Waals surface area (Å²) in [6.45, 7) is 0.0833. The van der Waals surface area contributed by atoms with E-state index in [9.17, 15) is 0 Å². The average Bonchev–Trinajstić information content (AvgIpc) is 3.74. The van der Waals surface area contributed by atoms with Crippen LogP contribution in [0.25, 0.3) is 57.6 Å². The number of hydrogen-bond acceptors (Lipinski definition) is 4. The number of benzene rings is 6. The van der Waals surface area contributed by atoms with Gasteiger partial charge in [0.1, 0.15) is 0 Å². The van der Waals surface area contributed by atoms with Crippen molar-refractivity contribution in [3.8, 4) is 11.1 Å². The highest BCUT2D eigenvalue weighted by Crippen LogP contribution is 2.60. The van der Waals surface area contributed by atoms with E-state index in [0.717, 1.165) is 12.8 Å². The summed E-state index contributed by atoms with van der Waals surface area (Å²) in [7, 11) is 0. The van der Waals surface area contributed by atoms with Gasteiger partial charge in [0.25, 0.3) is 0 Å². The number of nitrogens with zero attached hydrogens (tertiary/aromatic N) is 4. The number of aromatic nitrogens is 2. The third-order valence-electron chi connectivity index (χ3n) is 11.6. The maximum absolute atomic E-state index is 2.72. The van der Waals surface area contributed by atoms with Crippen LogP contribution in [-0.2, 0) is 0 Å². The predicted octanol–water partition coefficient (Wildman–Crippen LogP) is 10.7. The predicted molar refractivity (Wildman–Crippen MR) is 216 cm³/mol. The smallest absolute Gasteiger partial charge is 0.358 e. The molecular weight excluding hydrogens is 646 g/mol. The van der Waals surface area contributed by atoms with Gasteiger partial charge in [-0.05, 0) is 71.3 Å². The highest BCUT2D eigenvalue weighted by atomic mass is 32.1. The maximum atomic E-state index is 2.72. The number of hydrogen-bond donors (Lipinski definition) is 0. The summed E-state index contributed by atoms with van der Waals surface area (Å²) in [5.41, 5.74) is 18.8. The molecule has 232 valence electrons. The molecule has 4 aliphatic heterocycles. The molecule has 4 nitrogen and oxygen atoms in total. The Labute approximate surface area is 297 Å². The van der Waals surface area contributed by atoms with Crippen molar-refractivity contribution < 1.29 is 0 Å². The van der Waals surface area contributed by atoms with Crippen LogP contribution in [0.15, 0.2) is 139 Å². The second-order valence-electron chi connectivity index (χ2n) is 13.9.